The maximum absolute atomic E-state index is 14.3. The Balaban J connectivity index is 1.58. The van der Waals surface area contributed by atoms with Crippen LogP contribution in [0.2, 0.25) is 0 Å². The van der Waals surface area contributed by atoms with Gasteiger partial charge in [-0.15, -0.1) is 0 Å². The molecule has 3 aromatic rings. The van der Waals surface area contributed by atoms with Crippen LogP contribution in [0.3, 0.4) is 0 Å². The van der Waals surface area contributed by atoms with Crippen LogP contribution in [0.1, 0.15) is 71.9 Å². The first-order chi connectivity index (χ1) is 22.8. The topological polar surface area (TPSA) is 91.3 Å². The molecule has 1 aliphatic heterocycles. The van der Waals surface area contributed by atoms with Crippen LogP contribution in [-0.2, 0) is 17.5 Å². The van der Waals surface area contributed by atoms with E-state index in [-0.39, 0.29) is 48.7 Å². The molecule has 2 amide bonds. The van der Waals surface area contributed by atoms with Crippen molar-refractivity contribution in [2.45, 2.75) is 71.0 Å². The number of aliphatic hydroxyl groups is 1. The third-order valence-electron chi connectivity index (χ3n) is 8.57. The second-order valence-electron chi connectivity index (χ2n) is 12.7. The van der Waals surface area contributed by atoms with Gasteiger partial charge in [-0.3, -0.25) is 14.5 Å². The van der Waals surface area contributed by atoms with Gasteiger partial charge in [0.2, 0.25) is 0 Å². The first-order valence-electron chi connectivity index (χ1n) is 16.4. The van der Waals surface area contributed by atoms with Crippen molar-refractivity contribution in [3.8, 4) is 5.75 Å². The summed E-state index contributed by atoms with van der Waals surface area (Å²) in [5.74, 6) is -0.442. The maximum atomic E-state index is 14.3. The number of hydrogen-bond donors (Lipinski definition) is 2. The van der Waals surface area contributed by atoms with Crippen molar-refractivity contribution >= 4 is 17.5 Å². The number of rotatable bonds is 8. The lowest BCUT2D eigenvalue weighted by molar-refractivity contribution is -0.137. The van der Waals surface area contributed by atoms with Gasteiger partial charge in [-0.1, -0.05) is 37.3 Å². The summed E-state index contributed by atoms with van der Waals surface area (Å²) in [5, 5.41) is 13.1. The average molecular weight is 670 g/mol. The van der Waals surface area contributed by atoms with E-state index < -0.39 is 17.8 Å². The van der Waals surface area contributed by atoms with Gasteiger partial charge >= 0.3 is 6.18 Å². The lowest BCUT2D eigenvalue weighted by Gasteiger charge is -2.36. The molecule has 8 nitrogen and oxygen atoms in total. The van der Waals surface area contributed by atoms with Crippen molar-refractivity contribution in [1.29, 1.82) is 0 Å². The zero-order valence-electron chi connectivity index (χ0n) is 28.0. The van der Waals surface area contributed by atoms with Crippen molar-refractivity contribution in [3.63, 3.8) is 0 Å². The van der Waals surface area contributed by atoms with Crippen LogP contribution in [-0.4, -0.2) is 78.3 Å². The van der Waals surface area contributed by atoms with Crippen LogP contribution in [0, 0.1) is 5.92 Å². The normalized spacial score (nSPS) is 20.4. The van der Waals surface area contributed by atoms with E-state index in [9.17, 15) is 27.9 Å². The number of amides is 2. The Morgan fingerprint density at radius 2 is 1.77 bits per heavy atom. The number of carbonyl (C=O) groups is 2. The molecule has 260 valence electrons. The van der Waals surface area contributed by atoms with E-state index >= 15 is 0 Å². The van der Waals surface area contributed by atoms with Crippen LogP contribution in [0.5, 0.6) is 5.75 Å². The molecule has 0 radical (unpaired) electrons. The minimum absolute atomic E-state index is 0.176. The van der Waals surface area contributed by atoms with Gasteiger partial charge < -0.3 is 24.8 Å². The van der Waals surface area contributed by atoms with Crippen molar-refractivity contribution in [2.75, 3.05) is 38.7 Å². The minimum Gasteiger partial charge on any atom is -0.490 e. The van der Waals surface area contributed by atoms with Gasteiger partial charge in [0.15, 0.2) is 0 Å². The fraction of sp³-hybridized carbons (Fsp3) is 0.459. The second-order valence-corrected chi connectivity index (χ2v) is 12.7. The standard InChI is InChI=1S/C37H46F3N3O5/c1-25-21-43(26(2)24-44)36(46)32-20-31(41-35(45)29-11-6-5-7-12-29)17-18-33(32)48-27(3)10-8-9-19-47-34(25)23-42(4)22-28-13-15-30(16-14-28)37(38,39)40/h5-7,11-18,20,25-27,34,44H,8-10,19,21-24H2,1-4H3,(H,41,45)/t25-,26+,27-,34-/m1/s1. The summed E-state index contributed by atoms with van der Waals surface area (Å²) in [5.41, 5.74) is 1.24. The summed E-state index contributed by atoms with van der Waals surface area (Å²) in [4.78, 5) is 30.9. The zero-order valence-corrected chi connectivity index (χ0v) is 28.0. The highest BCUT2D eigenvalue weighted by Gasteiger charge is 2.32. The van der Waals surface area contributed by atoms with E-state index in [0.717, 1.165) is 37.0 Å². The molecule has 1 heterocycles. The van der Waals surface area contributed by atoms with Gasteiger partial charge in [-0.2, -0.15) is 13.2 Å². The van der Waals surface area contributed by atoms with Crippen LogP contribution >= 0.6 is 0 Å². The Morgan fingerprint density at radius 1 is 1.06 bits per heavy atom. The molecule has 1 aliphatic rings. The van der Waals surface area contributed by atoms with E-state index in [1.807, 2.05) is 31.9 Å². The van der Waals surface area contributed by atoms with Crippen molar-refractivity contribution in [2.24, 2.45) is 5.92 Å². The van der Waals surface area contributed by atoms with Gasteiger partial charge in [0.05, 0.1) is 36.0 Å². The molecule has 0 unspecified atom stereocenters. The summed E-state index contributed by atoms with van der Waals surface area (Å²) in [6, 6.07) is 18.4. The number of fused-ring (bicyclic) bond motifs is 1. The first kappa shape index (κ1) is 36.9. The predicted octanol–water partition coefficient (Wildman–Crippen LogP) is 6.89. The highest BCUT2D eigenvalue weighted by Crippen LogP contribution is 2.30. The monoisotopic (exact) mass is 669 g/mol. The van der Waals surface area contributed by atoms with Crippen LogP contribution < -0.4 is 10.1 Å². The molecular weight excluding hydrogens is 623 g/mol. The summed E-state index contributed by atoms with van der Waals surface area (Å²) in [6.45, 7) is 7.09. The molecule has 0 bridgehead atoms. The summed E-state index contributed by atoms with van der Waals surface area (Å²) in [7, 11) is 1.89. The number of nitrogens with one attached hydrogen (secondary N) is 1. The smallest absolute Gasteiger partial charge is 0.416 e. The van der Waals surface area contributed by atoms with Gasteiger partial charge in [-0.05, 0) is 88.2 Å². The highest BCUT2D eigenvalue weighted by atomic mass is 19.4. The van der Waals surface area contributed by atoms with E-state index in [4.69, 9.17) is 9.47 Å². The molecule has 0 fully saturated rings. The lowest BCUT2D eigenvalue weighted by atomic mass is 10.0. The molecule has 0 aromatic heterocycles. The minimum atomic E-state index is -4.39. The fourth-order valence-electron chi connectivity index (χ4n) is 5.74. The second kappa shape index (κ2) is 16.9. The molecule has 2 N–H and O–H groups in total. The molecular formula is C37H46F3N3O5. The number of aliphatic hydroxyl groups excluding tert-OH is 1. The summed E-state index contributed by atoms with van der Waals surface area (Å²) in [6.07, 6.45) is -2.53. The number of anilines is 1. The molecule has 3 aromatic carbocycles. The SMILES string of the molecule is C[C@@H]1CCCCO[C@H](CN(C)Cc2ccc(C(F)(F)F)cc2)[C@H](C)CN([C@@H](C)CO)C(=O)c2cc(NC(=O)c3ccccc3)ccc2O1. The number of likely N-dealkylation sites (N-methyl/N-ethyl adjacent to an activating group) is 1. The molecule has 0 saturated carbocycles. The van der Waals surface area contributed by atoms with Gasteiger partial charge in [0, 0.05) is 43.4 Å². The summed E-state index contributed by atoms with van der Waals surface area (Å²) < 4.78 is 51.8. The quantitative estimate of drug-likeness (QED) is 0.272. The zero-order chi connectivity index (χ0) is 34.8. The molecule has 4 rings (SSSR count). The third-order valence-corrected chi connectivity index (χ3v) is 8.57. The predicted molar refractivity (Wildman–Crippen MR) is 179 cm³/mol. The van der Waals surface area contributed by atoms with Crippen molar-refractivity contribution in [1.82, 2.24) is 9.80 Å². The molecule has 0 saturated heterocycles. The Labute approximate surface area is 280 Å². The Kier molecular flexibility index (Phi) is 13.0. The molecule has 0 spiro atoms. The third kappa shape index (κ3) is 10.3. The number of benzene rings is 3. The van der Waals surface area contributed by atoms with Crippen LogP contribution in [0.15, 0.2) is 72.8 Å². The van der Waals surface area contributed by atoms with E-state index in [0.29, 0.717) is 36.7 Å². The van der Waals surface area contributed by atoms with Crippen LogP contribution in [0.4, 0.5) is 18.9 Å². The van der Waals surface area contributed by atoms with Gasteiger partial charge in [0.1, 0.15) is 5.75 Å². The largest absolute Gasteiger partial charge is 0.490 e. The molecule has 0 aliphatic carbocycles. The lowest BCUT2D eigenvalue weighted by Crippen LogP contribution is -2.47. The van der Waals surface area contributed by atoms with Gasteiger partial charge in [-0.25, -0.2) is 0 Å². The average Bonchev–Trinajstić information content (AvgIpc) is 3.06. The van der Waals surface area contributed by atoms with Crippen molar-refractivity contribution in [3.05, 3.63) is 95.1 Å². The Hall–Kier alpha value is -3.93. The Bertz CT molecular complexity index is 1490. The van der Waals surface area contributed by atoms with Crippen molar-refractivity contribution < 1.29 is 37.3 Å². The number of nitrogens with zero attached hydrogens (tertiary/aromatic N) is 2. The van der Waals surface area contributed by atoms with E-state index in [2.05, 4.69) is 5.32 Å². The number of ether oxygens (including phenoxy) is 2. The van der Waals surface area contributed by atoms with E-state index in [1.54, 1.807) is 54.3 Å². The van der Waals surface area contributed by atoms with Crippen LogP contribution in [0.25, 0.3) is 0 Å². The highest BCUT2D eigenvalue weighted by molar-refractivity contribution is 6.05. The number of carbonyl (C=O) groups excluding carboxylic acids is 2. The molecule has 11 heteroatoms. The number of alkyl halides is 3. The fourth-order valence-corrected chi connectivity index (χ4v) is 5.74. The molecule has 48 heavy (non-hydrogen) atoms. The Morgan fingerprint density at radius 3 is 2.44 bits per heavy atom. The first-order valence-corrected chi connectivity index (χ1v) is 16.4. The number of hydrogen-bond acceptors (Lipinski definition) is 6. The number of halogens is 3. The van der Waals surface area contributed by atoms with E-state index in [1.165, 1.54) is 12.1 Å². The molecule has 4 atom stereocenters. The maximum Gasteiger partial charge on any atom is 0.416 e. The van der Waals surface area contributed by atoms with Gasteiger partial charge in [0.25, 0.3) is 11.8 Å². The summed E-state index contributed by atoms with van der Waals surface area (Å²) >= 11 is 0.